The molecule has 42 heavy (non-hydrogen) atoms. The second-order valence-corrected chi connectivity index (χ2v) is 12.0. The molecule has 1 saturated heterocycles. The van der Waals surface area contributed by atoms with Crippen LogP contribution in [0.1, 0.15) is 48.4 Å². The molecule has 218 valence electrons. The van der Waals surface area contributed by atoms with Crippen LogP contribution in [0.2, 0.25) is 5.02 Å². The van der Waals surface area contributed by atoms with Crippen LogP contribution in [0.3, 0.4) is 0 Å². The Morgan fingerprint density at radius 3 is 2.67 bits per heavy atom. The molecule has 4 aromatic rings. The summed E-state index contributed by atoms with van der Waals surface area (Å²) in [5.74, 6) is 3.75. The summed E-state index contributed by atoms with van der Waals surface area (Å²) in [5, 5.41) is 5.57. The van der Waals surface area contributed by atoms with Gasteiger partial charge in [-0.3, -0.25) is 10.2 Å². The van der Waals surface area contributed by atoms with Gasteiger partial charge in [0.05, 0.1) is 18.7 Å². The molecule has 0 amide bonds. The summed E-state index contributed by atoms with van der Waals surface area (Å²) in [4.78, 5) is 5.18. The number of benzene rings is 3. The Morgan fingerprint density at radius 1 is 0.952 bits per heavy atom. The minimum Gasteiger partial charge on any atom is -0.493 e. The number of hydrogen-bond acceptors (Lipinski definition) is 4. The highest BCUT2D eigenvalue weighted by Crippen LogP contribution is 2.37. The molecule has 1 N–H and O–H groups in total. The maximum absolute atomic E-state index is 6.24. The van der Waals surface area contributed by atoms with Gasteiger partial charge in [0.25, 0.3) is 0 Å². The number of ether oxygens (including phenoxy) is 1. The van der Waals surface area contributed by atoms with Gasteiger partial charge in [0.2, 0.25) is 0 Å². The summed E-state index contributed by atoms with van der Waals surface area (Å²) in [5.41, 5.74) is 6.56. The molecule has 1 aromatic heterocycles. The van der Waals surface area contributed by atoms with Crippen molar-refractivity contribution >= 4 is 28.2 Å². The quantitative estimate of drug-likeness (QED) is 0.146. The third-order valence-electron chi connectivity index (χ3n) is 8.80. The molecule has 0 saturated carbocycles. The molecule has 0 bridgehead atoms. The molecule has 5 nitrogen and oxygen atoms in total. The maximum atomic E-state index is 6.24. The van der Waals surface area contributed by atoms with Crippen LogP contribution in [0.4, 0.5) is 5.69 Å². The van der Waals surface area contributed by atoms with Crippen LogP contribution in [0, 0.1) is 12.3 Å². The molecule has 1 unspecified atom stereocenters. The first-order valence-electron chi connectivity index (χ1n) is 15.4. The first-order chi connectivity index (χ1) is 20.7. The Balaban J connectivity index is 0.935. The molecule has 1 atom stereocenters. The smallest absolute Gasteiger partial charge is 0.122 e. The van der Waals surface area contributed by atoms with Gasteiger partial charge in [0.1, 0.15) is 5.75 Å². The average Bonchev–Trinajstić information content (AvgIpc) is 3.63. The third kappa shape index (κ3) is 6.63. The number of piperazine rings is 1. The molecule has 1 aliphatic heterocycles. The zero-order valence-corrected chi connectivity index (χ0v) is 25.2. The van der Waals surface area contributed by atoms with E-state index in [4.69, 9.17) is 22.8 Å². The molecular formula is C36H41ClN4O. The molecule has 0 spiro atoms. The van der Waals surface area contributed by atoms with E-state index >= 15 is 0 Å². The molecule has 6 rings (SSSR count). The minimum absolute atomic E-state index is 0.355. The van der Waals surface area contributed by atoms with E-state index in [1.165, 1.54) is 46.1 Å². The zero-order valence-electron chi connectivity index (χ0n) is 24.4. The highest BCUT2D eigenvalue weighted by atomic mass is 35.5. The number of rotatable bonds is 12. The molecule has 6 heteroatoms. The third-order valence-corrected chi connectivity index (χ3v) is 9.04. The lowest BCUT2D eigenvalue weighted by Crippen LogP contribution is -2.46. The number of hydrogen-bond donors (Lipinski definition) is 1. The monoisotopic (exact) mass is 580 g/mol. The first-order valence-corrected chi connectivity index (χ1v) is 15.8. The molecule has 2 aliphatic rings. The van der Waals surface area contributed by atoms with E-state index in [0.29, 0.717) is 12.6 Å². The molecular weight excluding hydrogens is 540 g/mol. The van der Waals surface area contributed by atoms with Crippen LogP contribution >= 0.6 is 11.6 Å². The SMILES string of the molecule is C#CCNC1CCc2c(OCCCCCN3CCN(c4cccc5c4ccn5Cc4cccc(Cl)c4)CC3)cccc21. The molecule has 2 heterocycles. The molecule has 0 radical (unpaired) electrons. The summed E-state index contributed by atoms with van der Waals surface area (Å²) < 4.78 is 8.56. The number of nitrogens with one attached hydrogen (secondary N) is 1. The highest BCUT2D eigenvalue weighted by molar-refractivity contribution is 6.30. The van der Waals surface area contributed by atoms with Crippen molar-refractivity contribution in [2.75, 3.05) is 50.8 Å². The van der Waals surface area contributed by atoms with Gasteiger partial charge in [0.15, 0.2) is 0 Å². The number of fused-ring (bicyclic) bond motifs is 2. The largest absolute Gasteiger partial charge is 0.493 e. The number of aromatic nitrogens is 1. The summed E-state index contributed by atoms with van der Waals surface area (Å²) in [6.45, 7) is 7.74. The van der Waals surface area contributed by atoms with E-state index in [9.17, 15) is 0 Å². The van der Waals surface area contributed by atoms with Crippen LogP contribution in [0.25, 0.3) is 10.9 Å². The topological polar surface area (TPSA) is 32.7 Å². The summed E-state index contributed by atoms with van der Waals surface area (Å²) >= 11 is 6.22. The van der Waals surface area contributed by atoms with Gasteiger partial charge in [0, 0.05) is 61.1 Å². The van der Waals surface area contributed by atoms with Crippen molar-refractivity contribution in [3.8, 4) is 18.1 Å². The summed E-state index contributed by atoms with van der Waals surface area (Å²) in [7, 11) is 0. The van der Waals surface area contributed by atoms with Gasteiger partial charge in [-0.15, -0.1) is 6.42 Å². The van der Waals surface area contributed by atoms with Crippen LogP contribution in [0.5, 0.6) is 5.75 Å². The number of anilines is 1. The van der Waals surface area contributed by atoms with Crippen molar-refractivity contribution in [1.29, 1.82) is 0 Å². The van der Waals surface area contributed by atoms with Gasteiger partial charge in [-0.25, -0.2) is 0 Å². The van der Waals surface area contributed by atoms with Gasteiger partial charge < -0.3 is 14.2 Å². The van der Waals surface area contributed by atoms with E-state index in [0.717, 1.165) is 75.9 Å². The van der Waals surface area contributed by atoms with E-state index in [1.54, 1.807) is 0 Å². The van der Waals surface area contributed by atoms with Crippen molar-refractivity contribution in [2.24, 2.45) is 0 Å². The van der Waals surface area contributed by atoms with Gasteiger partial charge in [-0.2, -0.15) is 0 Å². The fourth-order valence-electron chi connectivity index (χ4n) is 6.61. The van der Waals surface area contributed by atoms with Gasteiger partial charge in [-0.05, 0) is 91.7 Å². The zero-order chi connectivity index (χ0) is 28.7. The Hall–Kier alpha value is -3.43. The standard InChI is InChI=1S/C36H41ClN4O/c1-2-18-38-33-16-15-31-30(33)11-7-14-36(31)42-25-5-3-4-19-39-21-23-40(24-22-39)34-12-8-13-35-32(34)17-20-41(35)27-28-9-6-10-29(37)26-28/h1,6-14,17,20,26,33,38H,3-5,15-16,18-19,21-25,27H2. The first kappa shape index (κ1) is 28.7. The lowest BCUT2D eigenvalue weighted by Gasteiger charge is -2.36. The van der Waals surface area contributed by atoms with E-state index < -0.39 is 0 Å². The number of terminal acetylenes is 1. The Kier molecular flexibility index (Phi) is 9.35. The summed E-state index contributed by atoms with van der Waals surface area (Å²) in [6.07, 6.45) is 13.3. The van der Waals surface area contributed by atoms with E-state index in [-0.39, 0.29) is 0 Å². The predicted molar refractivity (Wildman–Crippen MR) is 175 cm³/mol. The summed E-state index contributed by atoms with van der Waals surface area (Å²) in [6, 6.07) is 23.9. The second kappa shape index (κ2) is 13.7. The minimum atomic E-state index is 0.355. The van der Waals surface area contributed by atoms with Crippen LogP contribution in [-0.2, 0) is 13.0 Å². The Labute approximate surface area is 255 Å². The van der Waals surface area contributed by atoms with Gasteiger partial charge in [-0.1, -0.05) is 47.9 Å². The Bertz CT molecular complexity index is 1530. The fourth-order valence-corrected chi connectivity index (χ4v) is 6.82. The van der Waals surface area contributed by atoms with Gasteiger partial charge >= 0.3 is 0 Å². The second-order valence-electron chi connectivity index (χ2n) is 11.5. The lowest BCUT2D eigenvalue weighted by molar-refractivity contribution is 0.246. The number of halogens is 1. The van der Waals surface area contributed by atoms with Crippen molar-refractivity contribution in [3.05, 3.63) is 94.6 Å². The number of nitrogens with zero attached hydrogens (tertiary/aromatic N) is 3. The normalized spacial score (nSPS) is 17.0. The fraction of sp³-hybridized carbons (Fsp3) is 0.389. The average molecular weight is 581 g/mol. The van der Waals surface area contributed by atoms with Crippen LogP contribution < -0.4 is 15.0 Å². The van der Waals surface area contributed by atoms with Crippen molar-refractivity contribution in [2.45, 2.75) is 44.7 Å². The predicted octanol–water partition coefficient (Wildman–Crippen LogP) is 6.92. The molecule has 1 aliphatic carbocycles. The molecule has 3 aromatic carbocycles. The maximum Gasteiger partial charge on any atom is 0.122 e. The van der Waals surface area contributed by atoms with Crippen molar-refractivity contribution in [1.82, 2.24) is 14.8 Å². The van der Waals surface area contributed by atoms with Crippen LogP contribution in [0.15, 0.2) is 72.9 Å². The van der Waals surface area contributed by atoms with Crippen LogP contribution in [-0.4, -0.2) is 55.3 Å². The van der Waals surface area contributed by atoms with Crippen molar-refractivity contribution < 1.29 is 4.74 Å². The lowest BCUT2D eigenvalue weighted by atomic mass is 10.1. The molecule has 1 fully saturated rings. The number of unbranched alkanes of at least 4 members (excludes halogenated alkanes) is 2. The van der Waals surface area contributed by atoms with E-state index in [2.05, 4.69) is 80.3 Å². The van der Waals surface area contributed by atoms with E-state index in [1.807, 2.05) is 18.2 Å². The Morgan fingerprint density at radius 2 is 1.81 bits per heavy atom. The van der Waals surface area contributed by atoms with Crippen molar-refractivity contribution in [3.63, 3.8) is 0 Å². The highest BCUT2D eigenvalue weighted by Gasteiger charge is 2.24.